The van der Waals surface area contributed by atoms with Gasteiger partial charge in [-0.2, -0.15) is 0 Å². The number of hydrogen-bond acceptors (Lipinski definition) is 3. The fraction of sp³-hybridized carbons (Fsp3) is 0.125. The molecule has 0 unspecified atom stereocenters. The van der Waals surface area contributed by atoms with Crippen LogP contribution >= 0.6 is 0 Å². The van der Waals surface area contributed by atoms with Gasteiger partial charge >= 0.3 is 0 Å². The number of aromatic carboxylic acids is 1. The largest absolute Gasteiger partial charge is 0.545 e. The highest BCUT2D eigenvalue weighted by molar-refractivity contribution is 6.12. The maximum atomic E-state index is 12.6. The van der Waals surface area contributed by atoms with Crippen molar-refractivity contribution in [1.82, 2.24) is 0 Å². The molecule has 3 rings (SSSR count). The molecule has 4 heteroatoms. The summed E-state index contributed by atoms with van der Waals surface area (Å²) in [4.78, 5) is 25.3. The zero-order valence-corrected chi connectivity index (χ0v) is 10.7. The lowest BCUT2D eigenvalue weighted by Gasteiger charge is -2.19. The average molecular weight is 266 g/mol. The Bertz CT molecular complexity index is 694. The van der Waals surface area contributed by atoms with Gasteiger partial charge in [0.05, 0.1) is 5.97 Å². The van der Waals surface area contributed by atoms with Crippen LogP contribution in [0.1, 0.15) is 26.3 Å². The van der Waals surface area contributed by atoms with Gasteiger partial charge in [0.15, 0.2) is 0 Å². The Balaban J connectivity index is 2.01. The normalized spacial score (nSPS) is 13.1. The van der Waals surface area contributed by atoms with E-state index in [4.69, 9.17) is 0 Å². The molecule has 20 heavy (non-hydrogen) atoms. The molecule has 1 amide bonds. The molecule has 1 heterocycles. The fourth-order valence-corrected chi connectivity index (χ4v) is 2.54. The fourth-order valence-electron chi connectivity index (χ4n) is 2.54. The van der Waals surface area contributed by atoms with Gasteiger partial charge in [-0.3, -0.25) is 4.79 Å². The monoisotopic (exact) mass is 266 g/mol. The van der Waals surface area contributed by atoms with Gasteiger partial charge in [-0.15, -0.1) is 0 Å². The topological polar surface area (TPSA) is 60.4 Å². The van der Waals surface area contributed by atoms with Crippen LogP contribution in [0.5, 0.6) is 0 Å². The van der Waals surface area contributed by atoms with Crippen LogP contribution in [0.15, 0.2) is 48.5 Å². The van der Waals surface area contributed by atoms with Gasteiger partial charge in [-0.1, -0.05) is 36.4 Å². The Morgan fingerprint density at radius 3 is 2.35 bits per heavy atom. The molecule has 2 aromatic rings. The molecule has 0 aliphatic carbocycles. The van der Waals surface area contributed by atoms with E-state index in [-0.39, 0.29) is 17.0 Å². The first kappa shape index (κ1) is 12.4. The van der Waals surface area contributed by atoms with Crippen LogP contribution in [0.25, 0.3) is 0 Å². The van der Waals surface area contributed by atoms with Gasteiger partial charge in [-0.25, -0.2) is 0 Å². The lowest BCUT2D eigenvalue weighted by molar-refractivity contribution is -0.255. The molecule has 0 aromatic heterocycles. The first-order valence-electron chi connectivity index (χ1n) is 6.38. The summed E-state index contributed by atoms with van der Waals surface area (Å²) in [6, 6.07) is 13.8. The van der Waals surface area contributed by atoms with Crippen molar-refractivity contribution in [2.45, 2.75) is 6.42 Å². The van der Waals surface area contributed by atoms with Crippen molar-refractivity contribution >= 4 is 17.6 Å². The highest BCUT2D eigenvalue weighted by Gasteiger charge is 2.26. The SMILES string of the molecule is O=C([O-])c1ccccc1C(=O)N1CCc2ccccc21. The van der Waals surface area contributed by atoms with Crippen molar-refractivity contribution in [3.8, 4) is 0 Å². The quantitative estimate of drug-likeness (QED) is 0.822. The van der Waals surface area contributed by atoms with Gasteiger partial charge in [0, 0.05) is 23.4 Å². The maximum Gasteiger partial charge on any atom is 0.258 e. The molecule has 0 N–H and O–H groups in total. The number of rotatable bonds is 2. The van der Waals surface area contributed by atoms with Crippen LogP contribution in [-0.4, -0.2) is 18.4 Å². The van der Waals surface area contributed by atoms with E-state index in [9.17, 15) is 14.7 Å². The molecule has 1 aliphatic rings. The summed E-state index contributed by atoms with van der Waals surface area (Å²) in [6.07, 6.45) is 0.787. The predicted molar refractivity (Wildman–Crippen MR) is 72.6 cm³/mol. The van der Waals surface area contributed by atoms with Crippen molar-refractivity contribution in [3.05, 3.63) is 65.2 Å². The summed E-state index contributed by atoms with van der Waals surface area (Å²) >= 11 is 0. The number of carboxylic acid groups (broad SMARTS) is 1. The number of hydrogen-bond donors (Lipinski definition) is 0. The molecule has 0 fully saturated rings. The maximum absolute atomic E-state index is 12.6. The second-order valence-electron chi connectivity index (χ2n) is 4.67. The van der Waals surface area contributed by atoms with Crippen LogP contribution in [0.4, 0.5) is 5.69 Å². The van der Waals surface area contributed by atoms with E-state index in [0.717, 1.165) is 17.7 Å². The van der Waals surface area contributed by atoms with Gasteiger partial charge in [-0.05, 0) is 24.1 Å². The summed E-state index contributed by atoms with van der Waals surface area (Å²) in [5.41, 5.74) is 2.06. The molecule has 0 radical (unpaired) electrons. The van der Waals surface area contributed by atoms with Crippen molar-refractivity contribution < 1.29 is 14.7 Å². The first-order chi connectivity index (χ1) is 9.68. The number of nitrogens with zero attached hydrogens (tertiary/aromatic N) is 1. The van der Waals surface area contributed by atoms with Crippen LogP contribution < -0.4 is 10.0 Å². The number of fused-ring (bicyclic) bond motifs is 1. The van der Waals surface area contributed by atoms with Crippen molar-refractivity contribution in [3.63, 3.8) is 0 Å². The molecule has 100 valence electrons. The van der Waals surface area contributed by atoms with E-state index >= 15 is 0 Å². The number of carboxylic acids is 1. The smallest absolute Gasteiger partial charge is 0.258 e. The molecular formula is C16H12NO3-. The molecular weight excluding hydrogens is 254 g/mol. The van der Waals surface area contributed by atoms with E-state index < -0.39 is 5.97 Å². The highest BCUT2D eigenvalue weighted by atomic mass is 16.4. The molecule has 0 saturated carbocycles. The van der Waals surface area contributed by atoms with Gasteiger partial charge in [0.1, 0.15) is 0 Å². The molecule has 0 bridgehead atoms. The third-order valence-electron chi connectivity index (χ3n) is 3.51. The minimum Gasteiger partial charge on any atom is -0.545 e. The number of para-hydroxylation sites is 1. The van der Waals surface area contributed by atoms with Crippen LogP contribution in [-0.2, 0) is 6.42 Å². The highest BCUT2D eigenvalue weighted by Crippen LogP contribution is 2.29. The van der Waals surface area contributed by atoms with Crippen LogP contribution in [0.2, 0.25) is 0 Å². The van der Waals surface area contributed by atoms with E-state index in [2.05, 4.69) is 0 Å². The summed E-state index contributed by atoms with van der Waals surface area (Å²) in [7, 11) is 0. The number of carbonyl (C=O) groups excluding carboxylic acids is 2. The number of anilines is 1. The van der Waals surface area contributed by atoms with Crippen LogP contribution in [0.3, 0.4) is 0 Å². The minimum absolute atomic E-state index is 0.0677. The lowest BCUT2D eigenvalue weighted by atomic mass is 10.1. The third kappa shape index (κ3) is 1.95. The van der Waals surface area contributed by atoms with Crippen LogP contribution in [0, 0.1) is 0 Å². The molecule has 2 aromatic carbocycles. The lowest BCUT2D eigenvalue weighted by Crippen LogP contribution is -2.32. The first-order valence-corrected chi connectivity index (χ1v) is 6.38. The Kier molecular flexibility index (Phi) is 2.99. The van der Waals surface area contributed by atoms with E-state index in [1.54, 1.807) is 17.0 Å². The molecule has 4 nitrogen and oxygen atoms in total. The van der Waals surface area contributed by atoms with Crippen molar-refractivity contribution in [1.29, 1.82) is 0 Å². The van der Waals surface area contributed by atoms with Gasteiger partial charge < -0.3 is 14.8 Å². The number of benzene rings is 2. The zero-order chi connectivity index (χ0) is 14.1. The Labute approximate surface area is 116 Å². The summed E-state index contributed by atoms with van der Waals surface area (Å²) < 4.78 is 0. The number of amides is 1. The van der Waals surface area contributed by atoms with Gasteiger partial charge in [0.2, 0.25) is 0 Å². The predicted octanol–water partition coefficient (Wildman–Crippen LogP) is 1.25. The van der Waals surface area contributed by atoms with E-state index in [1.807, 2.05) is 24.3 Å². The molecule has 0 atom stereocenters. The van der Waals surface area contributed by atoms with Crippen molar-refractivity contribution in [2.24, 2.45) is 0 Å². The second-order valence-corrected chi connectivity index (χ2v) is 4.67. The number of carbonyl (C=O) groups is 2. The average Bonchev–Trinajstić information content (AvgIpc) is 2.90. The van der Waals surface area contributed by atoms with Gasteiger partial charge in [0.25, 0.3) is 5.91 Å². The van der Waals surface area contributed by atoms with E-state index in [0.29, 0.717) is 6.54 Å². The standard InChI is InChI=1S/C16H13NO3/c18-15(12-6-2-3-7-13(12)16(19)20)17-10-9-11-5-1-4-8-14(11)17/h1-8H,9-10H2,(H,19,20)/p-1. The summed E-state index contributed by atoms with van der Waals surface area (Å²) in [6.45, 7) is 0.569. The summed E-state index contributed by atoms with van der Waals surface area (Å²) in [5, 5.41) is 11.1. The summed E-state index contributed by atoms with van der Waals surface area (Å²) in [5.74, 6) is -1.63. The molecule has 0 saturated heterocycles. The Hall–Kier alpha value is -2.62. The van der Waals surface area contributed by atoms with E-state index in [1.165, 1.54) is 12.1 Å². The molecule has 0 spiro atoms. The second kappa shape index (κ2) is 4.81. The minimum atomic E-state index is -1.33. The van der Waals surface area contributed by atoms with Crippen molar-refractivity contribution in [2.75, 3.05) is 11.4 Å². The Morgan fingerprint density at radius 2 is 1.60 bits per heavy atom. The Morgan fingerprint density at radius 1 is 0.950 bits per heavy atom. The zero-order valence-electron chi connectivity index (χ0n) is 10.7. The molecule has 1 aliphatic heterocycles. The third-order valence-corrected chi connectivity index (χ3v) is 3.51.